The molecule has 0 aromatic heterocycles. The first kappa shape index (κ1) is 26.2. The van der Waals surface area contributed by atoms with Crippen molar-refractivity contribution in [3.05, 3.63) is 11.6 Å². The normalized spacial score (nSPS) is 61.7. The van der Waals surface area contributed by atoms with E-state index in [2.05, 4.69) is 0 Å². The van der Waals surface area contributed by atoms with Crippen LogP contribution < -0.4 is 0 Å². The molecular weight excluding hydrogens is 524 g/mol. The molecule has 7 fully saturated rings. The van der Waals surface area contributed by atoms with Gasteiger partial charge in [0, 0.05) is 18.4 Å². The number of rotatable bonds is 1. The lowest BCUT2D eigenvalue weighted by molar-refractivity contribution is -0.458. The summed E-state index contributed by atoms with van der Waals surface area (Å²) in [6.07, 6.45) is -1.45. The Labute approximate surface area is 231 Å². The average Bonchev–Trinajstić information content (AvgIpc) is 3.33. The van der Waals surface area contributed by atoms with E-state index in [4.69, 9.17) is 23.7 Å². The molecule has 1 spiro atoms. The highest BCUT2D eigenvalue weighted by Crippen LogP contribution is 2.77. The largest absolute Gasteiger partial charge is 0.458 e. The highest BCUT2D eigenvalue weighted by Gasteiger charge is 2.89. The highest BCUT2D eigenvalue weighted by molar-refractivity contribution is 5.94. The number of Topliss-reactive ketones (excluding diaryl/α,β-unsaturated/α-hetero) is 1. The molecule has 0 radical (unpaired) electrons. The van der Waals surface area contributed by atoms with Crippen LogP contribution in [0.5, 0.6) is 0 Å². The van der Waals surface area contributed by atoms with Gasteiger partial charge in [-0.3, -0.25) is 4.79 Å². The van der Waals surface area contributed by atoms with Gasteiger partial charge in [0.05, 0.1) is 29.8 Å². The molecule has 8 aliphatic rings. The van der Waals surface area contributed by atoms with Gasteiger partial charge in [0.2, 0.25) is 12.1 Å². The number of hydrogen-bond acceptors (Lipinski definition) is 11. The van der Waals surface area contributed by atoms with Crippen LogP contribution in [0.4, 0.5) is 0 Å². The zero-order valence-electron chi connectivity index (χ0n) is 22.9. The van der Waals surface area contributed by atoms with Crippen molar-refractivity contribution in [2.75, 3.05) is 6.61 Å². The van der Waals surface area contributed by atoms with Crippen molar-refractivity contribution in [2.45, 2.75) is 119 Å². The Morgan fingerprint density at radius 2 is 1.77 bits per heavy atom. The molecule has 0 unspecified atom stereocenters. The van der Waals surface area contributed by atoms with Gasteiger partial charge < -0.3 is 44.1 Å². The molecular formula is C29H38O11. The van der Waals surface area contributed by atoms with Gasteiger partial charge in [-0.05, 0) is 68.8 Å². The summed E-state index contributed by atoms with van der Waals surface area (Å²) >= 11 is 0. The van der Waals surface area contributed by atoms with Crippen LogP contribution in [0.25, 0.3) is 0 Å². The lowest BCUT2D eigenvalue weighted by Crippen LogP contribution is -2.77. The van der Waals surface area contributed by atoms with Gasteiger partial charge in [0.15, 0.2) is 5.78 Å². The molecule has 4 aliphatic carbocycles. The molecule has 4 heterocycles. The monoisotopic (exact) mass is 562 g/mol. The van der Waals surface area contributed by atoms with Crippen molar-refractivity contribution < 1.29 is 53.7 Å². The highest BCUT2D eigenvalue weighted by atomic mass is 16.8. The van der Waals surface area contributed by atoms with E-state index < -0.39 is 82.1 Å². The van der Waals surface area contributed by atoms with E-state index in [9.17, 15) is 30.0 Å². The number of aliphatic hydroxyl groups is 4. The summed E-state index contributed by atoms with van der Waals surface area (Å²) < 4.78 is 29.9. The maximum Gasteiger partial charge on any atom is 0.331 e. The number of fused-ring (bicyclic) bond motifs is 5. The Hall–Kier alpha value is -1.44. The Bertz CT molecular complexity index is 1220. The second kappa shape index (κ2) is 7.74. The van der Waals surface area contributed by atoms with E-state index in [0.29, 0.717) is 37.7 Å². The average molecular weight is 563 g/mol. The summed E-state index contributed by atoms with van der Waals surface area (Å²) in [5.41, 5.74) is -4.02. The number of cyclic esters (lactones) is 1. The van der Waals surface area contributed by atoms with Gasteiger partial charge in [0.25, 0.3) is 0 Å². The molecule has 220 valence electrons. The Kier molecular flexibility index (Phi) is 5.07. The molecule has 0 bridgehead atoms. The first-order valence-electron chi connectivity index (χ1n) is 14.7. The molecule has 11 heteroatoms. The van der Waals surface area contributed by atoms with Crippen molar-refractivity contribution >= 4 is 11.8 Å². The lowest BCUT2D eigenvalue weighted by atomic mass is 9.41. The van der Waals surface area contributed by atoms with Crippen molar-refractivity contribution in [2.24, 2.45) is 28.6 Å². The maximum absolute atomic E-state index is 14.2. The number of aliphatic hydroxyl groups excluding tert-OH is 2. The second-order valence-electron chi connectivity index (χ2n) is 14.2. The van der Waals surface area contributed by atoms with Crippen molar-refractivity contribution in [1.29, 1.82) is 0 Å². The third-order valence-corrected chi connectivity index (χ3v) is 12.5. The van der Waals surface area contributed by atoms with E-state index in [-0.39, 0.29) is 31.2 Å². The number of ether oxygens (including phenoxy) is 5. The molecule has 3 saturated heterocycles. The predicted molar refractivity (Wildman–Crippen MR) is 132 cm³/mol. The Morgan fingerprint density at radius 1 is 1.00 bits per heavy atom. The summed E-state index contributed by atoms with van der Waals surface area (Å²) in [5.74, 6) is -4.06. The fourth-order valence-electron chi connectivity index (χ4n) is 10.5. The van der Waals surface area contributed by atoms with Gasteiger partial charge in [0.1, 0.15) is 30.0 Å². The molecule has 0 aromatic carbocycles. The van der Waals surface area contributed by atoms with Gasteiger partial charge in [-0.1, -0.05) is 6.92 Å². The zero-order chi connectivity index (χ0) is 28.2. The standard InChI is InChI=1S/C29H38O11/c1-12-6-18(30)29(35)24(37-12)38-16-8-14-9-19-28(40-19)22(25(14,2)10-17(16)39-29)21(32)23(33)26(3)15(4-5-27(26,28)34)13-7-20(31)36-11-13/h7,12,14-19,21-22,24,30,32,34-35H,4-6,8-11H2,1-3H3/t12-,14-,15-,16-,17-,18-,19+,21+,22-,24+,25+,26+,27-,28+,29+/m1/s1. The predicted octanol–water partition coefficient (Wildman–Crippen LogP) is 0.103. The molecule has 40 heavy (non-hydrogen) atoms. The number of carbonyl (C=O) groups excluding carboxylic acids is 2. The maximum atomic E-state index is 14.2. The number of carbonyl (C=O) groups is 2. The summed E-state index contributed by atoms with van der Waals surface area (Å²) in [7, 11) is 0. The fourth-order valence-corrected chi connectivity index (χ4v) is 10.5. The molecule has 11 nitrogen and oxygen atoms in total. The molecule has 4 saturated carbocycles. The first-order chi connectivity index (χ1) is 18.8. The minimum atomic E-state index is -2.02. The summed E-state index contributed by atoms with van der Waals surface area (Å²) in [4.78, 5) is 26.1. The van der Waals surface area contributed by atoms with Crippen LogP contribution in [0, 0.1) is 28.6 Å². The third-order valence-electron chi connectivity index (χ3n) is 12.5. The third kappa shape index (κ3) is 2.80. The summed E-state index contributed by atoms with van der Waals surface area (Å²) in [6.45, 7) is 5.63. The van der Waals surface area contributed by atoms with Gasteiger partial charge in [-0.15, -0.1) is 0 Å². The Balaban J connectivity index is 1.16. The fraction of sp³-hybridized carbons (Fsp3) is 0.862. The van der Waals surface area contributed by atoms with E-state index in [1.165, 1.54) is 6.08 Å². The van der Waals surface area contributed by atoms with Crippen molar-refractivity contribution in [1.82, 2.24) is 0 Å². The van der Waals surface area contributed by atoms with Crippen LogP contribution in [-0.4, -0.2) is 98.7 Å². The van der Waals surface area contributed by atoms with E-state index in [1.807, 2.05) is 13.8 Å². The van der Waals surface area contributed by atoms with Crippen LogP contribution in [0.15, 0.2) is 11.6 Å². The van der Waals surface area contributed by atoms with Gasteiger partial charge in [-0.25, -0.2) is 4.79 Å². The van der Waals surface area contributed by atoms with Crippen molar-refractivity contribution in [3.63, 3.8) is 0 Å². The van der Waals surface area contributed by atoms with Crippen LogP contribution in [0.2, 0.25) is 0 Å². The second-order valence-corrected chi connectivity index (χ2v) is 14.2. The van der Waals surface area contributed by atoms with E-state index in [1.54, 1.807) is 6.92 Å². The number of hydrogen-bond donors (Lipinski definition) is 4. The van der Waals surface area contributed by atoms with Crippen molar-refractivity contribution in [3.8, 4) is 0 Å². The Morgan fingerprint density at radius 3 is 2.50 bits per heavy atom. The molecule has 15 atom stereocenters. The number of epoxide rings is 1. The van der Waals surface area contributed by atoms with Crippen LogP contribution in [0.3, 0.4) is 0 Å². The van der Waals surface area contributed by atoms with Gasteiger partial charge >= 0.3 is 5.97 Å². The van der Waals surface area contributed by atoms with E-state index in [0.717, 1.165) is 0 Å². The van der Waals surface area contributed by atoms with E-state index >= 15 is 0 Å². The number of esters is 1. The molecule has 4 aliphatic heterocycles. The minimum absolute atomic E-state index is 0.00345. The van der Waals surface area contributed by atoms with Crippen LogP contribution in [-0.2, 0) is 33.3 Å². The molecule has 0 aromatic rings. The van der Waals surface area contributed by atoms with Crippen LogP contribution >= 0.6 is 0 Å². The first-order valence-corrected chi connectivity index (χ1v) is 14.7. The molecule has 0 amide bonds. The smallest absolute Gasteiger partial charge is 0.331 e. The van der Waals surface area contributed by atoms with Gasteiger partial charge in [-0.2, -0.15) is 0 Å². The molecule has 4 N–H and O–H groups in total. The number of ketones is 1. The van der Waals surface area contributed by atoms with Crippen LogP contribution in [0.1, 0.15) is 59.3 Å². The molecule has 8 rings (SSSR count). The SMILES string of the molecule is C[C@@H]1C[C@@H](O)[C@]2(O)O[C@@H]3C[C@@]4(C)[C@@H](C[C@@H]5O[C@]56[C@@H]4[C@H](O)C(=O)[C@]4(C)[C@@H](C5=CC(=O)OC5)CC[C@]64O)C[C@H]3O[C@@H]2O1. The summed E-state index contributed by atoms with van der Waals surface area (Å²) in [5, 5.41) is 46.5. The minimum Gasteiger partial charge on any atom is -0.458 e. The topological polar surface area (TPSA) is 165 Å². The zero-order valence-corrected chi connectivity index (χ0v) is 22.9. The summed E-state index contributed by atoms with van der Waals surface area (Å²) in [6, 6.07) is 0. The lowest BCUT2D eigenvalue weighted by Gasteiger charge is -2.64. The quantitative estimate of drug-likeness (QED) is 0.195.